The molecule has 1 aliphatic carbocycles. The second-order valence-corrected chi connectivity index (χ2v) is 11.3. The van der Waals surface area contributed by atoms with E-state index in [9.17, 15) is 27.5 Å². The number of amides is 1. The molecule has 5 rings (SSSR count). The topological polar surface area (TPSA) is 125 Å². The fourth-order valence-electron chi connectivity index (χ4n) is 5.18. The van der Waals surface area contributed by atoms with Crippen molar-refractivity contribution >= 4 is 27.6 Å². The van der Waals surface area contributed by atoms with Gasteiger partial charge < -0.3 is 20.1 Å². The van der Waals surface area contributed by atoms with Crippen molar-refractivity contribution in [3.63, 3.8) is 0 Å². The third-order valence-corrected chi connectivity index (χ3v) is 8.62. The monoisotopic (exact) mass is 517 g/mol. The Morgan fingerprint density at radius 3 is 2.78 bits per heavy atom. The van der Waals surface area contributed by atoms with E-state index < -0.39 is 27.7 Å². The number of likely N-dealkylation sites (tertiary alicyclic amines) is 1. The lowest BCUT2D eigenvalue weighted by molar-refractivity contribution is -0.121. The molecule has 192 valence electrons. The lowest BCUT2D eigenvalue weighted by Crippen LogP contribution is -2.38. The molecule has 2 heterocycles. The van der Waals surface area contributed by atoms with Crippen LogP contribution in [0.15, 0.2) is 35.2 Å². The summed E-state index contributed by atoms with van der Waals surface area (Å²) < 4.78 is 48.8. The number of carbonyl (C=O) groups is 2. The zero-order chi connectivity index (χ0) is 25.6. The number of rotatable bonds is 8. The Morgan fingerprint density at radius 2 is 2.06 bits per heavy atom. The zero-order valence-corrected chi connectivity index (χ0v) is 20.6. The Labute approximate surface area is 208 Å². The number of nitrogens with one attached hydrogen (secondary N) is 2. The number of ether oxygens (including phenoxy) is 1. The van der Waals surface area contributed by atoms with Crippen LogP contribution < -0.4 is 14.8 Å². The van der Waals surface area contributed by atoms with E-state index in [2.05, 4.69) is 14.9 Å². The standard InChI is InChI=1S/C25H28FN3O6S/c1-2-29-8-7-17(12-29)27-22(30)11-14-9-16(26)3-6-21(14)36(33,34)28-20-5-4-18-19-10-15(19)13-35-24(18)23(20)25(31)32/h3-6,9,15,17,19,28H,2,7-8,10-13H2,1H3,(H,27,30)(H,31,32)/t15-,17+,19-/m0/s1. The number of anilines is 1. The normalized spacial score (nSPS) is 22.8. The van der Waals surface area contributed by atoms with E-state index in [1.54, 1.807) is 6.07 Å². The number of fused-ring (bicyclic) bond motifs is 3. The highest BCUT2D eigenvalue weighted by Crippen LogP contribution is 2.55. The van der Waals surface area contributed by atoms with E-state index >= 15 is 0 Å². The van der Waals surface area contributed by atoms with Crippen LogP contribution in [-0.4, -0.2) is 62.6 Å². The molecule has 2 aromatic rings. The largest absolute Gasteiger partial charge is 0.492 e. The first-order valence-electron chi connectivity index (χ1n) is 12.0. The van der Waals surface area contributed by atoms with Gasteiger partial charge in [-0.05, 0) is 60.7 Å². The van der Waals surface area contributed by atoms with Crippen LogP contribution in [0.4, 0.5) is 10.1 Å². The molecular weight excluding hydrogens is 489 g/mol. The first-order valence-corrected chi connectivity index (χ1v) is 13.5. The smallest absolute Gasteiger partial charge is 0.341 e. The molecule has 3 N–H and O–H groups in total. The highest BCUT2D eigenvalue weighted by Gasteiger charge is 2.45. The summed E-state index contributed by atoms with van der Waals surface area (Å²) >= 11 is 0. The summed E-state index contributed by atoms with van der Waals surface area (Å²) in [6, 6.07) is 6.14. The number of halogens is 1. The molecular formula is C25H28FN3O6S. The number of hydrogen-bond acceptors (Lipinski definition) is 6. The minimum absolute atomic E-state index is 0.0164. The SMILES string of the molecule is CCN1CC[C@@H](NC(=O)Cc2cc(F)ccc2S(=O)(=O)Nc2ccc3c(c2C(=O)O)OC[C@@H]2C[C@H]32)C1. The van der Waals surface area contributed by atoms with Crippen molar-refractivity contribution in [2.45, 2.75) is 43.0 Å². The lowest BCUT2D eigenvalue weighted by Gasteiger charge is -2.21. The van der Waals surface area contributed by atoms with Gasteiger partial charge in [-0.15, -0.1) is 0 Å². The van der Waals surface area contributed by atoms with Crippen LogP contribution in [0.2, 0.25) is 0 Å². The van der Waals surface area contributed by atoms with Gasteiger partial charge in [0.15, 0.2) is 0 Å². The second kappa shape index (κ2) is 9.36. The minimum atomic E-state index is -4.36. The van der Waals surface area contributed by atoms with Gasteiger partial charge in [0.25, 0.3) is 10.0 Å². The number of carboxylic acids is 1. The number of benzene rings is 2. The molecule has 1 saturated carbocycles. The molecule has 0 aromatic heterocycles. The third-order valence-electron chi connectivity index (χ3n) is 7.16. The average molecular weight is 518 g/mol. The van der Waals surface area contributed by atoms with E-state index in [-0.39, 0.29) is 45.8 Å². The molecule has 9 nitrogen and oxygen atoms in total. The van der Waals surface area contributed by atoms with Crippen molar-refractivity contribution in [1.29, 1.82) is 0 Å². The molecule has 0 radical (unpaired) electrons. The lowest BCUT2D eigenvalue weighted by atomic mass is 10.0. The van der Waals surface area contributed by atoms with Gasteiger partial charge in [0, 0.05) is 25.0 Å². The van der Waals surface area contributed by atoms with Crippen molar-refractivity contribution in [1.82, 2.24) is 10.2 Å². The second-order valence-electron chi connectivity index (χ2n) is 9.61. The van der Waals surface area contributed by atoms with E-state index in [1.807, 2.05) is 6.92 Å². The number of sulfonamides is 1. The van der Waals surface area contributed by atoms with E-state index in [4.69, 9.17) is 4.74 Å². The summed E-state index contributed by atoms with van der Waals surface area (Å²) in [4.78, 5) is 26.7. The fraction of sp³-hybridized carbons (Fsp3) is 0.440. The number of carboxylic acid groups (broad SMARTS) is 1. The van der Waals surface area contributed by atoms with Gasteiger partial charge in [0.2, 0.25) is 5.91 Å². The number of hydrogen-bond donors (Lipinski definition) is 3. The van der Waals surface area contributed by atoms with E-state index in [1.165, 1.54) is 6.07 Å². The van der Waals surface area contributed by atoms with Gasteiger partial charge in [-0.1, -0.05) is 13.0 Å². The fourth-order valence-corrected chi connectivity index (χ4v) is 6.48. The zero-order valence-electron chi connectivity index (χ0n) is 19.8. The summed E-state index contributed by atoms with van der Waals surface area (Å²) in [5.41, 5.74) is 0.340. The van der Waals surface area contributed by atoms with Crippen LogP contribution in [0, 0.1) is 11.7 Å². The number of likely N-dealkylation sites (N-methyl/N-ethyl adjacent to an activating group) is 1. The molecule has 36 heavy (non-hydrogen) atoms. The number of carbonyl (C=O) groups excluding carboxylic acids is 1. The summed E-state index contributed by atoms with van der Waals surface area (Å²) in [7, 11) is -4.36. The first kappa shape index (κ1) is 24.5. The number of aromatic carboxylic acids is 1. The molecule has 0 unspecified atom stereocenters. The van der Waals surface area contributed by atoms with Crippen molar-refractivity contribution in [3.8, 4) is 5.75 Å². The molecule has 2 aromatic carbocycles. The van der Waals surface area contributed by atoms with Crippen molar-refractivity contribution in [2.75, 3.05) is 31.0 Å². The van der Waals surface area contributed by atoms with Gasteiger partial charge in [-0.2, -0.15) is 0 Å². The predicted octanol–water partition coefficient (Wildman–Crippen LogP) is 2.57. The highest BCUT2D eigenvalue weighted by molar-refractivity contribution is 7.92. The van der Waals surface area contributed by atoms with Crippen LogP contribution in [0.5, 0.6) is 5.75 Å². The maximum atomic E-state index is 14.1. The van der Waals surface area contributed by atoms with Crippen LogP contribution in [0.3, 0.4) is 0 Å². The maximum Gasteiger partial charge on any atom is 0.341 e. The molecule has 2 aliphatic heterocycles. The van der Waals surface area contributed by atoms with Gasteiger partial charge >= 0.3 is 5.97 Å². The van der Waals surface area contributed by atoms with Crippen molar-refractivity contribution in [2.24, 2.45) is 5.92 Å². The van der Waals surface area contributed by atoms with Crippen LogP contribution in [-0.2, 0) is 21.2 Å². The summed E-state index contributed by atoms with van der Waals surface area (Å²) in [6.07, 6.45) is 1.36. The summed E-state index contributed by atoms with van der Waals surface area (Å²) in [5, 5.41) is 12.7. The van der Waals surface area contributed by atoms with Crippen LogP contribution in [0.1, 0.15) is 47.2 Å². The summed E-state index contributed by atoms with van der Waals surface area (Å²) in [5.74, 6) is -1.64. The summed E-state index contributed by atoms with van der Waals surface area (Å²) in [6.45, 7) is 4.87. The Balaban J connectivity index is 1.40. The molecule has 2 fully saturated rings. The molecule has 3 atom stereocenters. The Hall–Kier alpha value is -3.18. The molecule has 11 heteroatoms. The van der Waals surface area contributed by atoms with Crippen LogP contribution in [0.25, 0.3) is 0 Å². The first-order chi connectivity index (χ1) is 17.2. The third kappa shape index (κ3) is 4.77. The molecule has 1 amide bonds. The van der Waals surface area contributed by atoms with Gasteiger partial charge in [0.05, 0.1) is 23.6 Å². The Morgan fingerprint density at radius 1 is 1.25 bits per heavy atom. The molecule has 0 bridgehead atoms. The average Bonchev–Trinajstić information content (AvgIpc) is 3.48. The van der Waals surface area contributed by atoms with Crippen molar-refractivity contribution < 1.29 is 32.2 Å². The minimum Gasteiger partial charge on any atom is -0.492 e. The van der Waals surface area contributed by atoms with E-state index in [0.29, 0.717) is 19.1 Å². The number of nitrogens with zero attached hydrogens (tertiary/aromatic N) is 1. The van der Waals surface area contributed by atoms with Crippen LogP contribution >= 0.6 is 0 Å². The van der Waals surface area contributed by atoms with Gasteiger partial charge in [0.1, 0.15) is 17.1 Å². The highest BCUT2D eigenvalue weighted by atomic mass is 32.2. The van der Waals surface area contributed by atoms with Gasteiger partial charge in [-0.25, -0.2) is 17.6 Å². The van der Waals surface area contributed by atoms with Gasteiger partial charge in [-0.3, -0.25) is 9.52 Å². The van der Waals surface area contributed by atoms with E-state index in [0.717, 1.165) is 49.7 Å². The Kier molecular flexibility index (Phi) is 6.37. The molecule has 3 aliphatic rings. The predicted molar refractivity (Wildman–Crippen MR) is 129 cm³/mol. The maximum absolute atomic E-state index is 14.1. The molecule has 0 spiro atoms. The quantitative estimate of drug-likeness (QED) is 0.492. The molecule has 1 saturated heterocycles. The Bertz CT molecular complexity index is 1330. The van der Waals surface area contributed by atoms with Crippen molar-refractivity contribution in [3.05, 3.63) is 52.8 Å².